The second-order valence-electron chi connectivity index (χ2n) is 5.76. The Hall–Kier alpha value is -2.13. The Balaban J connectivity index is 1.97. The normalized spacial score (nSPS) is 11.0. The highest BCUT2D eigenvalue weighted by molar-refractivity contribution is 7.99. The van der Waals surface area contributed by atoms with E-state index in [1.807, 2.05) is 22.8 Å². The lowest BCUT2D eigenvalue weighted by molar-refractivity contribution is 0.1000. The van der Waals surface area contributed by atoms with Gasteiger partial charge >= 0.3 is 0 Å². The van der Waals surface area contributed by atoms with E-state index in [4.69, 9.17) is 33.7 Å². The Labute approximate surface area is 176 Å². The van der Waals surface area contributed by atoms with Crippen LogP contribution in [-0.4, -0.2) is 39.4 Å². The van der Waals surface area contributed by atoms with Crippen molar-refractivity contribution in [2.75, 3.05) is 13.7 Å². The minimum Gasteiger partial charge on any atom is -0.385 e. The highest BCUT2D eigenvalue weighted by atomic mass is 35.5. The van der Waals surface area contributed by atoms with Gasteiger partial charge in [-0.3, -0.25) is 4.79 Å². The van der Waals surface area contributed by atoms with Crippen LogP contribution in [0.1, 0.15) is 16.8 Å². The molecular weight excluding hydrogens is 421 g/mol. The Kier molecular flexibility index (Phi) is 6.90. The van der Waals surface area contributed by atoms with E-state index in [1.54, 1.807) is 13.2 Å². The van der Waals surface area contributed by atoms with Crippen LogP contribution >= 0.6 is 35.0 Å². The molecule has 1 amide bonds. The van der Waals surface area contributed by atoms with Crippen LogP contribution in [0.15, 0.2) is 46.7 Å². The van der Waals surface area contributed by atoms with Gasteiger partial charge in [-0.1, -0.05) is 35.3 Å². The first-order valence-electron chi connectivity index (χ1n) is 8.31. The molecule has 0 bridgehead atoms. The number of primary amides is 1. The van der Waals surface area contributed by atoms with Gasteiger partial charge in [0, 0.05) is 32.0 Å². The Morgan fingerprint density at radius 3 is 2.71 bits per heavy atom. The molecule has 0 aliphatic carbocycles. The number of carbonyl (C=O) groups excluding carboxylic acids is 1. The van der Waals surface area contributed by atoms with Gasteiger partial charge in [0.25, 0.3) is 0 Å². The predicted octanol–water partition coefficient (Wildman–Crippen LogP) is 3.93. The summed E-state index contributed by atoms with van der Waals surface area (Å²) in [5.41, 5.74) is 6.29. The minimum absolute atomic E-state index is 0.243. The van der Waals surface area contributed by atoms with Crippen LogP contribution in [0.4, 0.5) is 0 Å². The van der Waals surface area contributed by atoms with Crippen LogP contribution in [0.2, 0.25) is 10.0 Å². The van der Waals surface area contributed by atoms with E-state index in [9.17, 15) is 4.79 Å². The van der Waals surface area contributed by atoms with Gasteiger partial charge in [-0.05, 0) is 36.4 Å². The summed E-state index contributed by atoms with van der Waals surface area (Å²) in [7, 11) is 1.65. The van der Waals surface area contributed by atoms with Gasteiger partial charge in [0.15, 0.2) is 11.0 Å². The van der Waals surface area contributed by atoms with Crippen molar-refractivity contribution in [2.24, 2.45) is 5.73 Å². The van der Waals surface area contributed by atoms with Crippen LogP contribution in [-0.2, 0) is 11.3 Å². The van der Waals surface area contributed by atoms with E-state index in [2.05, 4.69) is 15.2 Å². The third-order valence-electron chi connectivity index (χ3n) is 3.84. The average Bonchev–Trinajstić information content (AvgIpc) is 3.06. The second-order valence-corrected chi connectivity index (χ2v) is 7.53. The predicted molar refractivity (Wildman–Crippen MR) is 109 cm³/mol. The van der Waals surface area contributed by atoms with E-state index in [-0.39, 0.29) is 5.56 Å². The Morgan fingerprint density at radius 2 is 2.04 bits per heavy atom. The second kappa shape index (κ2) is 9.38. The number of aromatic nitrogens is 4. The largest absolute Gasteiger partial charge is 0.385 e. The van der Waals surface area contributed by atoms with Gasteiger partial charge in [-0.15, -0.1) is 10.2 Å². The molecule has 0 unspecified atom stereocenters. The molecule has 0 saturated heterocycles. The summed E-state index contributed by atoms with van der Waals surface area (Å²) >= 11 is 13.9. The van der Waals surface area contributed by atoms with Crippen molar-refractivity contribution < 1.29 is 9.53 Å². The lowest BCUT2D eigenvalue weighted by Gasteiger charge is -2.11. The van der Waals surface area contributed by atoms with Crippen molar-refractivity contribution in [3.8, 4) is 11.4 Å². The molecule has 28 heavy (non-hydrogen) atoms. The topological polar surface area (TPSA) is 95.9 Å². The summed E-state index contributed by atoms with van der Waals surface area (Å²) in [6, 6.07) is 8.93. The number of hydrogen-bond donors (Lipinski definition) is 1. The molecule has 2 aromatic heterocycles. The lowest BCUT2D eigenvalue weighted by Crippen LogP contribution is -2.11. The van der Waals surface area contributed by atoms with Gasteiger partial charge in [0.05, 0.1) is 15.6 Å². The molecule has 0 aliphatic rings. The first kappa shape index (κ1) is 20.6. The Bertz CT molecular complexity index is 996. The highest BCUT2D eigenvalue weighted by Crippen LogP contribution is 2.34. The molecule has 2 N–H and O–H groups in total. The average molecular weight is 438 g/mol. The number of ether oxygens (including phenoxy) is 1. The number of methoxy groups -OCH3 is 1. The van der Waals surface area contributed by atoms with Crippen LogP contribution < -0.4 is 5.73 Å². The summed E-state index contributed by atoms with van der Waals surface area (Å²) in [5, 5.41) is 10.6. The Morgan fingerprint density at radius 1 is 1.25 bits per heavy atom. The van der Waals surface area contributed by atoms with Crippen LogP contribution in [0.25, 0.3) is 11.4 Å². The maximum atomic E-state index is 11.3. The number of nitrogens with two attached hydrogens (primary N) is 1. The molecule has 1 aromatic carbocycles. The molecule has 3 rings (SSSR count). The zero-order chi connectivity index (χ0) is 20.1. The van der Waals surface area contributed by atoms with Gasteiger partial charge in [0.1, 0.15) is 5.03 Å². The molecule has 10 heteroatoms. The minimum atomic E-state index is -0.588. The molecule has 0 atom stereocenters. The zero-order valence-electron chi connectivity index (χ0n) is 14.9. The third kappa shape index (κ3) is 4.64. The number of rotatable bonds is 8. The smallest absolute Gasteiger partial charge is 0.250 e. The van der Waals surface area contributed by atoms with Gasteiger partial charge < -0.3 is 15.0 Å². The number of halogens is 2. The molecule has 0 radical (unpaired) electrons. The van der Waals surface area contributed by atoms with Gasteiger partial charge in [-0.2, -0.15) is 0 Å². The summed E-state index contributed by atoms with van der Waals surface area (Å²) in [6.45, 7) is 1.22. The fourth-order valence-corrected chi connectivity index (χ4v) is 3.80. The van der Waals surface area contributed by atoms with E-state index in [1.165, 1.54) is 24.0 Å². The first-order valence-corrected chi connectivity index (χ1v) is 9.88. The van der Waals surface area contributed by atoms with E-state index >= 15 is 0 Å². The maximum absolute atomic E-state index is 11.3. The summed E-state index contributed by atoms with van der Waals surface area (Å²) in [4.78, 5) is 15.5. The van der Waals surface area contributed by atoms with Crippen molar-refractivity contribution >= 4 is 40.9 Å². The monoisotopic (exact) mass is 437 g/mol. The van der Waals surface area contributed by atoms with Crippen molar-refractivity contribution in [1.29, 1.82) is 0 Å². The molecule has 0 spiro atoms. The van der Waals surface area contributed by atoms with E-state index in [0.29, 0.717) is 39.2 Å². The van der Waals surface area contributed by atoms with Crippen molar-refractivity contribution in [1.82, 2.24) is 19.7 Å². The standard InChI is InChI=1S/C18H17Cl2N5O2S/c1-27-8-4-7-25-16(12-5-2-3-6-13(12)19)23-24-18(25)28-17-14(20)9-11(10-22-17)15(21)26/h2-3,5-6,9-10H,4,7-8H2,1H3,(H2,21,26). The number of benzene rings is 1. The van der Waals surface area contributed by atoms with E-state index < -0.39 is 5.91 Å². The van der Waals surface area contributed by atoms with Crippen molar-refractivity contribution in [2.45, 2.75) is 23.1 Å². The fraction of sp³-hybridized carbons (Fsp3) is 0.222. The third-order valence-corrected chi connectivity index (χ3v) is 5.57. The van der Waals surface area contributed by atoms with Crippen LogP contribution in [0.3, 0.4) is 0 Å². The summed E-state index contributed by atoms with van der Waals surface area (Å²) in [5.74, 6) is 0.0590. The van der Waals surface area contributed by atoms with Gasteiger partial charge in [-0.25, -0.2) is 4.98 Å². The molecule has 3 aromatic rings. The van der Waals surface area contributed by atoms with Gasteiger partial charge in [0.2, 0.25) is 5.91 Å². The molecule has 0 aliphatic heterocycles. The fourth-order valence-electron chi connectivity index (χ4n) is 2.50. The molecule has 0 saturated carbocycles. The molecule has 2 heterocycles. The number of carbonyl (C=O) groups is 1. The van der Waals surface area contributed by atoms with Crippen molar-refractivity contribution in [3.63, 3.8) is 0 Å². The number of nitrogens with zero attached hydrogens (tertiary/aromatic N) is 4. The maximum Gasteiger partial charge on any atom is 0.250 e. The number of amides is 1. The number of pyridine rings is 1. The SMILES string of the molecule is COCCCn1c(Sc2ncc(C(N)=O)cc2Cl)nnc1-c1ccccc1Cl. The quantitative estimate of drug-likeness (QED) is 0.536. The summed E-state index contributed by atoms with van der Waals surface area (Å²) < 4.78 is 7.11. The van der Waals surface area contributed by atoms with Crippen LogP contribution in [0.5, 0.6) is 0 Å². The number of hydrogen-bond acceptors (Lipinski definition) is 6. The van der Waals surface area contributed by atoms with Crippen LogP contribution in [0, 0.1) is 0 Å². The molecule has 146 valence electrons. The molecular formula is C18H17Cl2N5O2S. The molecule has 0 fully saturated rings. The summed E-state index contributed by atoms with van der Waals surface area (Å²) in [6.07, 6.45) is 2.15. The first-order chi connectivity index (χ1) is 13.5. The lowest BCUT2D eigenvalue weighted by atomic mass is 10.2. The van der Waals surface area contributed by atoms with Crippen molar-refractivity contribution in [3.05, 3.63) is 52.1 Å². The molecule has 7 nitrogen and oxygen atoms in total. The zero-order valence-corrected chi connectivity index (χ0v) is 17.3. The highest BCUT2D eigenvalue weighted by Gasteiger charge is 2.19. The van der Waals surface area contributed by atoms with E-state index in [0.717, 1.165) is 12.0 Å².